The van der Waals surface area contributed by atoms with E-state index in [0.29, 0.717) is 0 Å². The van der Waals surface area contributed by atoms with Gasteiger partial charge in [-0.25, -0.2) is 0 Å². The molecule has 33 heavy (non-hydrogen) atoms. The van der Waals surface area contributed by atoms with Gasteiger partial charge in [0.2, 0.25) is 0 Å². The molecule has 2 heterocycles. The summed E-state index contributed by atoms with van der Waals surface area (Å²) in [6, 6.07) is 23.3. The van der Waals surface area contributed by atoms with Gasteiger partial charge in [0.15, 0.2) is 0 Å². The first-order chi connectivity index (χ1) is 16.2. The van der Waals surface area contributed by atoms with E-state index in [9.17, 15) is 0 Å². The average molecular weight is 458 g/mol. The van der Waals surface area contributed by atoms with Crippen molar-refractivity contribution in [3.8, 4) is 21.9 Å². The summed E-state index contributed by atoms with van der Waals surface area (Å²) in [4.78, 5) is 3.67. The van der Waals surface area contributed by atoms with E-state index in [1.54, 1.807) is 14.2 Å². The minimum Gasteiger partial charge on any atom is -0.497 e. The minimum absolute atomic E-state index is 0.781. The lowest BCUT2D eigenvalue weighted by Gasteiger charge is -2.28. The van der Waals surface area contributed by atoms with Gasteiger partial charge in [-0.2, -0.15) is 0 Å². The number of morpholine rings is 1. The van der Waals surface area contributed by atoms with Gasteiger partial charge in [0.05, 0.1) is 27.4 Å². The third kappa shape index (κ3) is 4.61. The smallest absolute Gasteiger partial charge is 0.118 e. The zero-order chi connectivity index (χ0) is 22.6. The molecule has 0 spiro atoms. The van der Waals surface area contributed by atoms with Crippen LogP contribution in [-0.2, 0) is 4.74 Å². The second kappa shape index (κ2) is 9.69. The Balaban J connectivity index is 1.59. The number of methoxy groups -OCH3 is 2. The van der Waals surface area contributed by atoms with Crippen LogP contribution in [0.4, 0.5) is 5.69 Å². The van der Waals surface area contributed by atoms with Gasteiger partial charge in [0, 0.05) is 39.3 Å². The molecular weight excluding hydrogens is 430 g/mol. The van der Waals surface area contributed by atoms with Gasteiger partial charge >= 0.3 is 0 Å². The molecule has 0 radical (unpaired) electrons. The zero-order valence-corrected chi connectivity index (χ0v) is 19.7. The molecule has 1 aromatic heterocycles. The number of rotatable bonds is 6. The van der Waals surface area contributed by atoms with Crippen LogP contribution < -0.4 is 14.4 Å². The van der Waals surface area contributed by atoms with Crippen molar-refractivity contribution in [2.75, 3.05) is 45.4 Å². The highest BCUT2D eigenvalue weighted by Gasteiger charge is 2.16. The lowest BCUT2D eigenvalue weighted by Crippen LogP contribution is -2.36. The second-order valence-corrected chi connectivity index (χ2v) is 9.01. The van der Waals surface area contributed by atoms with Gasteiger partial charge in [-0.05, 0) is 65.7 Å². The normalized spacial score (nSPS) is 14.2. The number of nitrogens with zero attached hydrogens (tertiary/aromatic N) is 1. The molecular formula is C28H27NO3S. The van der Waals surface area contributed by atoms with Gasteiger partial charge in [-0.1, -0.05) is 24.3 Å². The summed E-state index contributed by atoms with van der Waals surface area (Å²) in [6.45, 7) is 3.42. The van der Waals surface area contributed by atoms with Crippen LogP contribution in [0.15, 0.2) is 66.7 Å². The van der Waals surface area contributed by atoms with Crippen LogP contribution >= 0.6 is 11.3 Å². The van der Waals surface area contributed by atoms with Gasteiger partial charge in [-0.3, -0.25) is 0 Å². The molecule has 0 unspecified atom stereocenters. The molecule has 1 fully saturated rings. The van der Waals surface area contributed by atoms with Crippen LogP contribution in [0.3, 0.4) is 0 Å². The van der Waals surface area contributed by atoms with Crippen LogP contribution in [0.2, 0.25) is 0 Å². The largest absolute Gasteiger partial charge is 0.497 e. The highest BCUT2D eigenvalue weighted by Crippen LogP contribution is 2.41. The van der Waals surface area contributed by atoms with E-state index in [1.165, 1.54) is 31.8 Å². The van der Waals surface area contributed by atoms with Crippen molar-refractivity contribution in [3.63, 3.8) is 0 Å². The molecule has 168 valence electrons. The first-order valence-electron chi connectivity index (χ1n) is 11.1. The number of fused-ring (bicyclic) bond motifs is 1. The number of anilines is 1. The zero-order valence-electron chi connectivity index (χ0n) is 18.9. The molecule has 0 aliphatic carbocycles. The molecule has 5 rings (SSSR count). The molecule has 4 nitrogen and oxygen atoms in total. The van der Waals surface area contributed by atoms with E-state index in [1.807, 2.05) is 35.6 Å². The quantitative estimate of drug-likeness (QED) is 0.327. The number of benzene rings is 3. The Kier molecular flexibility index (Phi) is 6.33. The summed E-state index contributed by atoms with van der Waals surface area (Å²) in [5.74, 6) is 1.73. The molecule has 0 saturated carbocycles. The lowest BCUT2D eigenvalue weighted by molar-refractivity contribution is 0.122. The molecule has 0 bridgehead atoms. The van der Waals surface area contributed by atoms with Crippen molar-refractivity contribution in [3.05, 3.63) is 77.9 Å². The van der Waals surface area contributed by atoms with Crippen molar-refractivity contribution < 1.29 is 14.2 Å². The highest BCUT2D eigenvalue weighted by molar-refractivity contribution is 7.22. The summed E-state index contributed by atoms with van der Waals surface area (Å²) in [5, 5.41) is 1.28. The van der Waals surface area contributed by atoms with Crippen LogP contribution in [0.1, 0.15) is 11.1 Å². The second-order valence-electron chi connectivity index (χ2n) is 7.96. The predicted molar refractivity (Wildman–Crippen MR) is 139 cm³/mol. The molecule has 0 amide bonds. The van der Waals surface area contributed by atoms with Gasteiger partial charge in [-0.15, -0.1) is 11.3 Å². The Hall–Kier alpha value is -3.28. The molecule has 5 heteroatoms. The first-order valence-corrected chi connectivity index (χ1v) is 11.9. The van der Waals surface area contributed by atoms with Crippen LogP contribution in [0, 0.1) is 0 Å². The fourth-order valence-corrected chi connectivity index (χ4v) is 5.32. The van der Waals surface area contributed by atoms with Crippen molar-refractivity contribution >= 4 is 39.3 Å². The van der Waals surface area contributed by atoms with Crippen molar-refractivity contribution in [2.45, 2.75) is 0 Å². The summed E-state index contributed by atoms with van der Waals surface area (Å²) in [7, 11) is 3.39. The Morgan fingerprint density at radius 3 is 2.15 bits per heavy atom. The summed E-state index contributed by atoms with van der Waals surface area (Å²) < 4.78 is 17.5. The Bertz CT molecular complexity index is 1250. The fourth-order valence-electron chi connectivity index (χ4n) is 4.14. The van der Waals surface area contributed by atoms with Crippen LogP contribution in [0.5, 0.6) is 11.5 Å². The van der Waals surface area contributed by atoms with Crippen molar-refractivity contribution in [2.24, 2.45) is 0 Å². The topological polar surface area (TPSA) is 30.9 Å². The average Bonchev–Trinajstić information content (AvgIpc) is 3.26. The van der Waals surface area contributed by atoms with E-state index < -0.39 is 0 Å². The van der Waals surface area contributed by atoms with Crippen molar-refractivity contribution in [1.82, 2.24) is 0 Å². The van der Waals surface area contributed by atoms with E-state index >= 15 is 0 Å². The molecule has 0 N–H and O–H groups in total. The van der Waals surface area contributed by atoms with Gasteiger partial charge < -0.3 is 19.1 Å². The maximum atomic E-state index is 5.55. The maximum Gasteiger partial charge on any atom is 0.118 e. The highest BCUT2D eigenvalue weighted by atomic mass is 32.1. The van der Waals surface area contributed by atoms with E-state index in [2.05, 4.69) is 59.5 Å². The number of thiophene rings is 1. The number of hydrogen-bond acceptors (Lipinski definition) is 5. The molecule has 0 atom stereocenters. The summed E-state index contributed by atoms with van der Waals surface area (Å²) in [6.07, 6.45) is 4.42. The monoisotopic (exact) mass is 457 g/mol. The molecule has 1 aliphatic heterocycles. The molecule has 1 saturated heterocycles. The molecule has 4 aromatic rings. The third-order valence-corrected chi connectivity index (χ3v) is 7.23. The van der Waals surface area contributed by atoms with E-state index in [-0.39, 0.29) is 0 Å². The SMILES string of the molecule is COc1ccc(C=Cc2c(-c3ccc(OC)cc3)sc3ccc(N4CCOCC4)cc23)cc1. The Labute approximate surface area is 198 Å². The minimum atomic E-state index is 0.781. The predicted octanol–water partition coefficient (Wildman–Crippen LogP) is 6.59. The van der Waals surface area contributed by atoms with E-state index in [0.717, 1.165) is 43.4 Å². The summed E-state index contributed by atoms with van der Waals surface area (Å²) in [5.41, 5.74) is 4.83. The fraction of sp³-hybridized carbons (Fsp3) is 0.214. The molecule has 3 aromatic carbocycles. The van der Waals surface area contributed by atoms with Crippen molar-refractivity contribution in [1.29, 1.82) is 0 Å². The van der Waals surface area contributed by atoms with Crippen LogP contribution in [-0.4, -0.2) is 40.5 Å². The van der Waals surface area contributed by atoms with Gasteiger partial charge in [0.1, 0.15) is 11.5 Å². The Morgan fingerprint density at radius 1 is 0.818 bits per heavy atom. The third-order valence-electron chi connectivity index (χ3n) is 6.00. The van der Waals surface area contributed by atoms with Crippen LogP contribution in [0.25, 0.3) is 32.7 Å². The first kappa shape index (κ1) is 21.6. The molecule has 1 aliphatic rings. The Morgan fingerprint density at radius 2 is 1.48 bits per heavy atom. The van der Waals surface area contributed by atoms with Gasteiger partial charge in [0.25, 0.3) is 0 Å². The maximum absolute atomic E-state index is 5.55. The number of ether oxygens (including phenoxy) is 3. The van der Waals surface area contributed by atoms with E-state index in [4.69, 9.17) is 14.2 Å². The number of hydrogen-bond donors (Lipinski definition) is 0. The lowest BCUT2D eigenvalue weighted by atomic mass is 10.0. The summed E-state index contributed by atoms with van der Waals surface area (Å²) >= 11 is 1.83. The standard InChI is InChI=1S/C28H27NO3S/c1-30-23-9-3-20(4-10-23)5-13-25-26-19-22(29-15-17-32-18-16-29)8-14-27(26)33-28(25)21-6-11-24(31-2)12-7-21/h3-14,19H,15-18H2,1-2H3.